The molecular formula is C4H7F3N2O2. The van der Waals surface area contributed by atoms with Crippen molar-refractivity contribution in [2.45, 2.75) is 18.3 Å². The molecule has 0 aliphatic rings. The summed E-state index contributed by atoms with van der Waals surface area (Å²) in [6.45, 7) is 0. The summed E-state index contributed by atoms with van der Waals surface area (Å²) in [6, 6.07) is -4.62. The van der Waals surface area contributed by atoms with Crippen LogP contribution in [0.5, 0.6) is 0 Å². The molecular weight excluding hydrogens is 165 g/mol. The zero-order chi connectivity index (χ0) is 9.23. The maximum Gasteiger partial charge on any atom is 0.405 e. The predicted molar refractivity (Wildman–Crippen MR) is 29.6 cm³/mol. The molecule has 0 amide bonds. The second-order valence-electron chi connectivity index (χ2n) is 1.93. The molecule has 0 rings (SSSR count). The lowest BCUT2D eigenvalue weighted by molar-refractivity contribution is -0.164. The van der Waals surface area contributed by atoms with Crippen LogP contribution in [0.25, 0.3) is 0 Å². The first-order chi connectivity index (χ1) is 4.76. The highest BCUT2D eigenvalue weighted by Crippen LogP contribution is 2.19. The number of carbonyl (C=O) groups is 1. The maximum absolute atomic E-state index is 11.6. The van der Waals surface area contributed by atoms with E-state index in [0.29, 0.717) is 0 Å². The molecule has 0 spiro atoms. The zero-order valence-corrected chi connectivity index (χ0v) is 5.30. The summed E-state index contributed by atoms with van der Waals surface area (Å²) in [7, 11) is 0. The number of hydrogen-bond acceptors (Lipinski definition) is 3. The van der Waals surface area contributed by atoms with Crippen LogP contribution in [0.4, 0.5) is 13.2 Å². The van der Waals surface area contributed by atoms with E-state index in [9.17, 15) is 18.0 Å². The third kappa shape index (κ3) is 2.72. The van der Waals surface area contributed by atoms with Crippen molar-refractivity contribution in [2.75, 3.05) is 0 Å². The van der Waals surface area contributed by atoms with Gasteiger partial charge in [-0.05, 0) is 0 Å². The summed E-state index contributed by atoms with van der Waals surface area (Å²) in [5, 5.41) is 8.01. The minimum Gasteiger partial charge on any atom is -0.480 e. The van der Waals surface area contributed by atoms with Gasteiger partial charge < -0.3 is 16.6 Å². The van der Waals surface area contributed by atoms with Crippen molar-refractivity contribution in [3.8, 4) is 0 Å². The molecule has 0 unspecified atom stereocenters. The fraction of sp³-hybridized carbons (Fsp3) is 0.750. The molecule has 0 aliphatic heterocycles. The number of nitrogens with two attached hydrogens (primary N) is 2. The minimum atomic E-state index is -4.77. The van der Waals surface area contributed by atoms with Crippen LogP contribution >= 0.6 is 0 Å². The summed E-state index contributed by atoms with van der Waals surface area (Å²) >= 11 is 0. The molecule has 66 valence electrons. The first-order valence-electron chi connectivity index (χ1n) is 2.57. The molecule has 5 N–H and O–H groups in total. The summed E-state index contributed by atoms with van der Waals surface area (Å²) in [5.74, 6) is -1.77. The highest BCUT2D eigenvalue weighted by Gasteiger charge is 2.43. The lowest BCUT2D eigenvalue weighted by atomic mass is 10.1. The van der Waals surface area contributed by atoms with Gasteiger partial charge in [-0.25, -0.2) is 0 Å². The summed E-state index contributed by atoms with van der Waals surface area (Å²) in [6.07, 6.45) is -4.77. The van der Waals surface area contributed by atoms with Crippen molar-refractivity contribution in [3.63, 3.8) is 0 Å². The minimum absolute atomic E-state index is 1.77. The van der Waals surface area contributed by atoms with Crippen LogP contribution in [0.1, 0.15) is 0 Å². The number of aliphatic carboxylic acids is 1. The molecule has 0 fully saturated rings. The van der Waals surface area contributed by atoms with Crippen LogP contribution in [-0.2, 0) is 4.79 Å². The van der Waals surface area contributed by atoms with E-state index in [2.05, 4.69) is 11.5 Å². The Kier molecular flexibility index (Phi) is 2.83. The lowest BCUT2D eigenvalue weighted by Crippen LogP contribution is -2.55. The molecule has 0 heterocycles. The Morgan fingerprint density at radius 1 is 1.36 bits per heavy atom. The Balaban J connectivity index is 4.25. The van der Waals surface area contributed by atoms with Gasteiger partial charge in [-0.3, -0.25) is 4.79 Å². The Hall–Kier alpha value is -0.820. The Bertz CT molecular complexity index is 158. The first-order valence-corrected chi connectivity index (χ1v) is 2.57. The van der Waals surface area contributed by atoms with Gasteiger partial charge in [0, 0.05) is 0 Å². The van der Waals surface area contributed by atoms with Crippen molar-refractivity contribution in [1.29, 1.82) is 0 Å². The number of rotatable bonds is 2. The molecule has 2 atom stereocenters. The quantitative estimate of drug-likeness (QED) is 0.513. The van der Waals surface area contributed by atoms with Crippen LogP contribution in [0.3, 0.4) is 0 Å². The zero-order valence-electron chi connectivity index (χ0n) is 5.30. The molecule has 7 heteroatoms. The summed E-state index contributed by atoms with van der Waals surface area (Å²) in [4.78, 5) is 9.88. The van der Waals surface area contributed by atoms with Gasteiger partial charge >= 0.3 is 12.1 Å². The van der Waals surface area contributed by atoms with Gasteiger partial charge in [-0.1, -0.05) is 0 Å². The third-order valence-corrected chi connectivity index (χ3v) is 1.05. The molecule has 0 aromatic heterocycles. The summed E-state index contributed by atoms with van der Waals surface area (Å²) < 4.78 is 34.8. The monoisotopic (exact) mass is 172 g/mol. The van der Waals surface area contributed by atoms with E-state index in [-0.39, 0.29) is 0 Å². The lowest BCUT2D eigenvalue weighted by Gasteiger charge is -2.18. The maximum atomic E-state index is 11.6. The number of hydrogen-bond donors (Lipinski definition) is 3. The number of halogens is 3. The van der Waals surface area contributed by atoms with E-state index < -0.39 is 24.2 Å². The SMILES string of the molecule is N[C@H](C(=O)O)[C@@H](N)C(F)(F)F. The van der Waals surface area contributed by atoms with Crippen molar-refractivity contribution >= 4 is 5.97 Å². The standard InChI is InChI=1S/C4H7F3N2O2/c5-4(6,7)2(9)1(8)3(10)11/h1-2H,8-9H2,(H,10,11)/t1-,2+/m0/s1. The van der Waals surface area contributed by atoms with Gasteiger partial charge in [0.15, 0.2) is 0 Å². The molecule has 4 nitrogen and oxygen atoms in total. The normalized spacial score (nSPS) is 17.5. The van der Waals surface area contributed by atoms with Gasteiger partial charge in [0.2, 0.25) is 0 Å². The molecule has 0 aliphatic carbocycles. The van der Waals surface area contributed by atoms with E-state index in [1.54, 1.807) is 0 Å². The molecule has 0 aromatic rings. The van der Waals surface area contributed by atoms with Gasteiger partial charge in [-0.15, -0.1) is 0 Å². The Morgan fingerprint density at radius 3 is 1.82 bits per heavy atom. The van der Waals surface area contributed by atoms with Crippen LogP contribution in [0.2, 0.25) is 0 Å². The van der Waals surface area contributed by atoms with Crippen LogP contribution in [0, 0.1) is 0 Å². The van der Waals surface area contributed by atoms with E-state index in [4.69, 9.17) is 5.11 Å². The average Bonchev–Trinajstić information content (AvgIpc) is 1.82. The van der Waals surface area contributed by atoms with Crippen molar-refractivity contribution in [3.05, 3.63) is 0 Å². The van der Waals surface area contributed by atoms with Crippen LogP contribution < -0.4 is 11.5 Å². The van der Waals surface area contributed by atoms with Crippen molar-refractivity contribution < 1.29 is 23.1 Å². The van der Waals surface area contributed by atoms with Crippen molar-refractivity contribution in [2.24, 2.45) is 11.5 Å². The Morgan fingerprint density at radius 2 is 1.73 bits per heavy atom. The molecule has 0 saturated carbocycles. The third-order valence-electron chi connectivity index (χ3n) is 1.05. The highest BCUT2D eigenvalue weighted by molar-refractivity contribution is 5.74. The van der Waals surface area contributed by atoms with Gasteiger partial charge in [0.1, 0.15) is 12.1 Å². The van der Waals surface area contributed by atoms with E-state index in [1.807, 2.05) is 0 Å². The largest absolute Gasteiger partial charge is 0.480 e. The Labute approximate surface area is 60.0 Å². The highest BCUT2D eigenvalue weighted by atomic mass is 19.4. The second-order valence-corrected chi connectivity index (χ2v) is 1.93. The first kappa shape index (κ1) is 10.2. The van der Waals surface area contributed by atoms with Crippen LogP contribution in [0.15, 0.2) is 0 Å². The fourth-order valence-electron chi connectivity index (χ4n) is 0.357. The van der Waals surface area contributed by atoms with E-state index in [0.717, 1.165) is 0 Å². The number of carboxylic acids is 1. The van der Waals surface area contributed by atoms with Gasteiger partial charge in [-0.2, -0.15) is 13.2 Å². The van der Waals surface area contributed by atoms with Gasteiger partial charge in [0.05, 0.1) is 0 Å². The topological polar surface area (TPSA) is 89.3 Å². The molecule has 0 aromatic carbocycles. The molecule has 0 saturated heterocycles. The predicted octanol–water partition coefficient (Wildman–Crippen LogP) is -0.712. The van der Waals surface area contributed by atoms with E-state index in [1.165, 1.54) is 0 Å². The van der Waals surface area contributed by atoms with Crippen molar-refractivity contribution in [1.82, 2.24) is 0 Å². The molecule has 0 bridgehead atoms. The summed E-state index contributed by atoms with van der Waals surface area (Å²) in [5.41, 5.74) is 9.07. The smallest absolute Gasteiger partial charge is 0.405 e. The molecule has 11 heavy (non-hydrogen) atoms. The van der Waals surface area contributed by atoms with E-state index >= 15 is 0 Å². The average molecular weight is 172 g/mol. The molecule has 0 radical (unpaired) electrons. The van der Waals surface area contributed by atoms with Crippen LogP contribution in [-0.4, -0.2) is 29.3 Å². The number of alkyl halides is 3. The second kappa shape index (κ2) is 3.05. The fourth-order valence-corrected chi connectivity index (χ4v) is 0.357. The van der Waals surface area contributed by atoms with Gasteiger partial charge in [0.25, 0.3) is 0 Å². The number of carboxylic acid groups (broad SMARTS) is 1.